The fraction of sp³-hybridized carbons (Fsp3) is 0.500. The zero-order chi connectivity index (χ0) is 24.6. The highest BCUT2D eigenvalue weighted by Crippen LogP contribution is 2.33. The van der Waals surface area contributed by atoms with Gasteiger partial charge in [-0.05, 0) is 50.7 Å². The Hall–Kier alpha value is -3.26. The summed E-state index contributed by atoms with van der Waals surface area (Å²) in [5.74, 6) is 0.469. The average molecular weight is 467 g/mol. The van der Waals surface area contributed by atoms with Gasteiger partial charge in [0, 0.05) is 38.9 Å². The van der Waals surface area contributed by atoms with Gasteiger partial charge in [0.2, 0.25) is 0 Å². The molecule has 0 saturated heterocycles. The van der Waals surface area contributed by atoms with Crippen molar-refractivity contribution in [2.24, 2.45) is 14.1 Å². The van der Waals surface area contributed by atoms with Gasteiger partial charge < -0.3 is 15.5 Å². The highest BCUT2D eigenvalue weighted by Gasteiger charge is 2.33. The summed E-state index contributed by atoms with van der Waals surface area (Å²) in [4.78, 5) is 25.9. The first-order chi connectivity index (χ1) is 15.6. The molecule has 2 rings (SSSR count). The van der Waals surface area contributed by atoms with Crippen molar-refractivity contribution in [3.8, 4) is 6.07 Å². The van der Waals surface area contributed by atoms with Crippen molar-refractivity contribution in [1.29, 1.82) is 5.26 Å². The molecule has 11 heteroatoms. The summed E-state index contributed by atoms with van der Waals surface area (Å²) in [5.41, 5.74) is -1.76. The molecule has 0 fully saturated rings. The van der Waals surface area contributed by atoms with Gasteiger partial charge in [-0.15, -0.1) is 0 Å². The van der Waals surface area contributed by atoms with Gasteiger partial charge in [0.25, 0.3) is 5.56 Å². The lowest BCUT2D eigenvalue weighted by Gasteiger charge is -2.21. The number of anilines is 2. The number of nitriles is 1. The molecule has 0 saturated carbocycles. The van der Waals surface area contributed by atoms with Crippen molar-refractivity contribution in [3.63, 3.8) is 0 Å². The molecule has 0 spiro atoms. The molecule has 8 nitrogen and oxygen atoms in total. The Balaban J connectivity index is 1.78. The number of alkyl halides is 3. The van der Waals surface area contributed by atoms with E-state index >= 15 is 0 Å². The van der Waals surface area contributed by atoms with Gasteiger partial charge >= 0.3 is 11.9 Å². The van der Waals surface area contributed by atoms with Gasteiger partial charge in [0.1, 0.15) is 5.82 Å². The predicted molar refractivity (Wildman–Crippen MR) is 121 cm³/mol. The highest BCUT2D eigenvalue weighted by molar-refractivity contribution is 5.53. The second-order valence-electron chi connectivity index (χ2n) is 7.63. The Labute approximate surface area is 190 Å². The molecule has 0 bridgehead atoms. The van der Waals surface area contributed by atoms with E-state index in [1.54, 1.807) is 13.1 Å². The van der Waals surface area contributed by atoms with E-state index in [0.29, 0.717) is 24.6 Å². The molecule has 0 aliphatic carbocycles. The lowest BCUT2D eigenvalue weighted by Crippen LogP contribution is -2.37. The number of hydrogen-bond donors (Lipinski definition) is 2. The summed E-state index contributed by atoms with van der Waals surface area (Å²) in [6.45, 7) is 5.48. The second-order valence-corrected chi connectivity index (χ2v) is 7.63. The predicted octanol–water partition coefficient (Wildman–Crippen LogP) is 2.60. The van der Waals surface area contributed by atoms with E-state index in [2.05, 4.69) is 15.5 Å². The lowest BCUT2D eigenvalue weighted by molar-refractivity contribution is -0.137. The van der Waals surface area contributed by atoms with Gasteiger partial charge in [-0.3, -0.25) is 13.9 Å². The molecule has 1 aromatic carbocycles. The first-order valence-corrected chi connectivity index (χ1v) is 10.7. The molecule has 1 aromatic heterocycles. The van der Waals surface area contributed by atoms with Crippen LogP contribution in [0.5, 0.6) is 0 Å². The normalized spacial score (nSPS) is 11.5. The number of rotatable bonds is 11. The van der Waals surface area contributed by atoms with Crippen molar-refractivity contribution < 1.29 is 13.2 Å². The van der Waals surface area contributed by atoms with Crippen molar-refractivity contribution >= 4 is 11.5 Å². The van der Waals surface area contributed by atoms with Crippen LogP contribution in [0.25, 0.3) is 0 Å². The number of nitrogens with zero attached hydrogens (tertiary/aromatic N) is 4. The molecule has 180 valence electrons. The van der Waals surface area contributed by atoms with E-state index < -0.39 is 23.0 Å². The third kappa shape index (κ3) is 7.12. The third-order valence-corrected chi connectivity index (χ3v) is 5.36. The maximum absolute atomic E-state index is 13.1. The molecular weight excluding hydrogens is 437 g/mol. The van der Waals surface area contributed by atoms with Crippen LogP contribution in [0.2, 0.25) is 0 Å². The highest BCUT2D eigenvalue weighted by atomic mass is 19.4. The largest absolute Gasteiger partial charge is 0.417 e. The quantitative estimate of drug-likeness (QED) is 0.495. The van der Waals surface area contributed by atoms with Crippen LogP contribution in [-0.4, -0.2) is 46.8 Å². The van der Waals surface area contributed by atoms with Crippen LogP contribution >= 0.6 is 0 Å². The summed E-state index contributed by atoms with van der Waals surface area (Å²) >= 11 is 0. The first-order valence-electron chi connectivity index (χ1n) is 10.7. The van der Waals surface area contributed by atoms with Crippen LogP contribution in [0.4, 0.5) is 24.7 Å². The molecule has 2 N–H and O–H groups in total. The van der Waals surface area contributed by atoms with Crippen LogP contribution < -0.4 is 21.9 Å². The van der Waals surface area contributed by atoms with Crippen molar-refractivity contribution in [1.82, 2.24) is 14.0 Å². The minimum Gasteiger partial charge on any atom is -0.385 e. The maximum atomic E-state index is 13.1. The van der Waals surface area contributed by atoms with Gasteiger partial charge in [0.15, 0.2) is 0 Å². The van der Waals surface area contributed by atoms with E-state index in [4.69, 9.17) is 5.26 Å². The molecule has 0 aliphatic rings. The monoisotopic (exact) mass is 466 g/mol. The van der Waals surface area contributed by atoms with Gasteiger partial charge in [-0.2, -0.15) is 18.4 Å². The van der Waals surface area contributed by atoms with Crippen molar-refractivity contribution in [2.45, 2.75) is 25.9 Å². The number of nitrogens with one attached hydrogen (secondary N) is 2. The number of aromatic nitrogens is 2. The first kappa shape index (κ1) is 26.0. The van der Waals surface area contributed by atoms with Crippen LogP contribution in [0.3, 0.4) is 0 Å². The molecule has 0 amide bonds. The number of benzene rings is 1. The van der Waals surface area contributed by atoms with Gasteiger partial charge in [0.05, 0.1) is 17.2 Å². The van der Waals surface area contributed by atoms with Crippen LogP contribution in [0, 0.1) is 11.3 Å². The van der Waals surface area contributed by atoms with Crippen LogP contribution in [-0.2, 0) is 20.3 Å². The minimum absolute atomic E-state index is 0.327. The Morgan fingerprint density at radius 2 is 1.67 bits per heavy atom. The van der Waals surface area contributed by atoms with E-state index in [1.807, 2.05) is 6.92 Å². The smallest absolute Gasteiger partial charge is 0.385 e. The van der Waals surface area contributed by atoms with Crippen LogP contribution in [0.15, 0.2) is 33.9 Å². The molecule has 2 aromatic rings. The fourth-order valence-corrected chi connectivity index (χ4v) is 3.37. The van der Waals surface area contributed by atoms with Gasteiger partial charge in [-0.25, -0.2) is 4.79 Å². The summed E-state index contributed by atoms with van der Waals surface area (Å²) in [7, 11) is 3.03. The summed E-state index contributed by atoms with van der Waals surface area (Å²) in [5, 5.41) is 15.0. The van der Waals surface area contributed by atoms with Crippen LogP contribution in [0.1, 0.15) is 30.9 Å². The average Bonchev–Trinajstić information content (AvgIpc) is 2.78. The molecule has 1 heterocycles. The molecule has 0 radical (unpaired) electrons. The van der Waals surface area contributed by atoms with E-state index in [0.717, 1.165) is 43.1 Å². The maximum Gasteiger partial charge on any atom is 0.417 e. The third-order valence-electron chi connectivity index (χ3n) is 5.36. The molecular formula is C22H29F3N6O2. The Morgan fingerprint density at radius 3 is 2.24 bits per heavy atom. The summed E-state index contributed by atoms with van der Waals surface area (Å²) < 4.78 is 41.6. The van der Waals surface area contributed by atoms with Crippen molar-refractivity contribution in [2.75, 3.05) is 43.4 Å². The molecule has 0 aliphatic heterocycles. The van der Waals surface area contributed by atoms with Gasteiger partial charge in [-0.1, -0.05) is 6.92 Å². The topological polar surface area (TPSA) is 95.1 Å². The SMILES string of the molecule is CCN(CCCNc1ccc(C#N)c(C(F)(F)F)c1)CCCNc1cc(=O)n(C)c(=O)n1C. The zero-order valence-corrected chi connectivity index (χ0v) is 19.0. The lowest BCUT2D eigenvalue weighted by atomic mass is 10.1. The van der Waals surface area contributed by atoms with Crippen molar-refractivity contribution in [3.05, 3.63) is 56.2 Å². The molecule has 0 unspecified atom stereocenters. The molecule has 33 heavy (non-hydrogen) atoms. The van der Waals surface area contributed by atoms with E-state index in [1.165, 1.54) is 29.8 Å². The zero-order valence-electron chi connectivity index (χ0n) is 19.0. The Bertz CT molecular complexity index is 1100. The minimum atomic E-state index is -4.57. The van der Waals surface area contributed by atoms with E-state index in [-0.39, 0.29) is 5.56 Å². The fourth-order valence-electron chi connectivity index (χ4n) is 3.37. The Morgan fingerprint density at radius 1 is 1.03 bits per heavy atom. The summed E-state index contributed by atoms with van der Waals surface area (Å²) in [6.07, 6.45) is -3.06. The second kappa shape index (κ2) is 11.6. The molecule has 0 atom stereocenters. The Kier molecular flexibility index (Phi) is 9.11. The number of halogens is 3. The van der Waals surface area contributed by atoms with E-state index in [9.17, 15) is 22.8 Å². The number of hydrogen-bond acceptors (Lipinski definition) is 6. The summed E-state index contributed by atoms with van der Waals surface area (Å²) in [6, 6.07) is 6.57. The standard InChI is InChI=1S/C22H29F3N6O2/c1-4-31(12-6-10-28-19-14-20(32)30(3)21(33)29(19)2)11-5-9-27-17-8-7-16(15-26)18(13-17)22(23,24)25/h7-8,13-14,27-28H,4-6,9-12H2,1-3H3.